The van der Waals surface area contributed by atoms with Gasteiger partial charge in [-0.3, -0.25) is 0 Å². The number of fused-ring (bicyclic) bond motifs is 1. The smallest absolute Gasteiger partial charge is 0.156 e. The van der Waals surface area contributed by atoms with E-state index in [-0.39, 0.29) is 0 Å². The Morgan fingerprint density at radius 1 is 1.21 bits per heavy atom. The zero-order valence-electron chi connectivity index (χ0n) is 14.0. The van der Waals surface area contributed by atoms with Crippen LogP contribution in [0.25, 0.3) is 11.0 Å². The number of para-hydroxylation sites is 2. The van der Waals surface area contributed by atoms with E-state index in [1.165, 1.54) is 18.4 Å². The molecule has 0 radical (unpaired) electrons. The molecule has 1 aliphatic carbocycles. The highest BCUT2D eigenvalue weighted by Crippen LogP contribution is 2.38. The average Bonchev–Trinajstić information content (AvgIpc) is 3.33. The maximum atomic E-state index is 5.13. The van der Waals surface area contributed by atoms with Crippen molar-refractivity contribution in [3.05, 3.63) is 47.7 Å². The van der Waals surface area contributed by atoms with Crippen molar-refractivity contribution in [3.63, 3.8) is 0 Å². The molecule has 0 saturated heterocycles. The van der Waals surface area contributed by atoms with Crippen molar-refractivity contribution in [2.45, 2.75) is 39.0 Å². The fourth-order valence-electron chi connectivity index (χ4n) is 3.04. The van der Waals surface area contributed by atoms with Gasteiger partial charge in [-0.1, -0.05) is 12.1 Å². The van der Waals surface area contributed by atoms with Gasteiger partial charge in [0.25, 0.3) is 0 Å². The highest BCUT2D eigenvalue weighted by Gasteiger charge is 2.27. The Kier molecular flexibility index (Phi) is 3.90. The van der Waals surface area contributed by atoms with Crippen LogP contribution in [0.5, 0.6) is 0 Å². The molecule has 0 bridgehead atoms. The number of benzene rings is 1. The van der Waals surface area contributed by atoms with Gasteiger partial charge < -0.3 is 14.6 Å². The van der Waals surface area contributed by atoms with Gasteiger partial charge in [0.2, 0.25) is 0 Å². The van der Waals surface area contributed by atoms with Gasteiger partial charge in [-0.05, 0) is 31.9 Å². The molecule has 1 fully saturated rings. The Morgan fingerprint density at radius 2 is 2.04 bits per heavy atom. The van der Waals surface area contributed by atoms with Gasteiger partial charge in [-0.2, -0.15) is 0 Å². The Morgan fingerprint density at radius 3 is 2.83 bits per heavy atom. The number of ether oxygens (including phenoxy) is 1. The number of aromatic nitrogens is 4. The van der Waals surface area contributed by atoms with Crippen LogP contribution in [0.3, 0.4) is 0 Å². The lowest BCUT2D eigenvalue weighted by molar-refractivity contribution is 0.177. The van der Waals surface area contributed by atoms with E-state index < -0.39 is 0 Å². The Labute approximate surface area is 140 Å². The molecule has 1 N–H and O–H groups in total. The van der Waals surface area contributed by atoms with Crippen LogP contribution in [0.2, 0.25) is 0 Å². The van der Waals surface area contributed by atoms with Gasteiger partial charge in [0, 0.05) is 24.9 Å². The van der Waals surface area contributed by atoms with E-state index in [1.54, 1.807) is 7.11 Å². The Hall–Kier alpha value is -2.47. The van der Waals surface area contributed by atoms with Gasteiger partial charge >= 0.3 is 0 Å². The highest BCUT2D eigenvalue weighted by molar-refractivity contribution is 5.76. The molecule has 3 aromatic rings. The van der Waals surface area contributed by atoms with Crippen molar-refractivity contribution in [1.82, 2.24) is 19.5 Å². The van der Waals surface area contributed by atoms with Crippen molar-refractivity contribution in [3.8, 4) is 0 Å². The second-order valence-electron chi connectivity index (χ2n) is 6.22. The molecular formula is C18H21N5O. The van der Waals surface area contributed by atoms with Crippen molar-refractivity contribution in [2.75, 3.05) is 12.4 Å². The SMILES string of the molecule is COCc1nc(C)cc(NCc2nc3ccccc3n2C2CC2)n1. The van der Waals surface area contributed by atoms with Gasteiger partial charge in [0.05, 0.1) is 17.6 Å². The van der Waals surface area contributed by atoms with Crippen LogP contribution in [0.4, 0.5) is 5.82 Å². The first kappa shape index (κ1) is 15.1. The lowest BCUT2D eigenvalue weighted by Gasteiger charge is -2.10. The van der Waals surface area contributed by atoms with Crippen LogP contribution in [-0.4, -0.2) is 26.6 Å². The maximum absolute atomic E-state index is 5.13. The van der Waals surface area contributed by atoms with Crippen LogP contribution < -0.4 is 5.32 Å². The number of methoxy groups -OCH3 is 1. The molecule has 1 saturated carbocycles. The molecule has 0 atom stereocenters. The first-order valence-corrected chi connectivity index (χ1v) is 8.28. The number of anilines is 1. The predicted octanol–water partition coefficient (Wildman–Crippen LogP) is 3.23. The lowest BCUT2D eigenvalue weighted by Crippen LogP contribution is -2.10. The molecule has 0 unspecified atom stereocenters. The molecule has 24 heavy (non-hydrogen) atoms. The molecule has 2 aromatic heterocycles. The van der Waals surface area contributed by atoms with Crippen molar-refractivity contribution in [2.24, 2.45) is 0 Å². The van der Waals surface area contributed by atoms with E-state index in [2.05, 4.69) is 38.1 Å². The number of hydrogen-bond acceptors (Lipinski definition) is 5. The summed E-state index contributed by atoms with van der Waals surface area (Å²) in [6, 6.07) is 10.9. The molecule has 1 aliphatic rings. The minimum Gasteiger partial charge on any atom is -0.377 e. The number of nitrogens with one attached hydrogen (secondary N) is 1. The van der Waals surface area contributed by atoms with Gasteiger partial charge in [0.15, 0.2) is 5.82 Å². The van der Waals surface area contributed by atoms with Crippen molar-refractivity contribution >= 4 is 16.9 Å². The Balaban J connectivity index is 1.60. The second kappa shape index (κ2) is 6.20. The van der Waals surface area contributed by atoms with Crippen LogP contribution in [0.15, 0.2) is 30.3 Å². The molecule has 6 heteroatoms. The first-order chi connectivity index (χ1) is 11.7. The third-order valence-corrected chi connectivity index (χ3v) is 4.18. The summed E-state index contributed by atoms with van der Waals surface area (Å²) in [6.45, 7) is 3.02. The van der Waals surface area contributed by atoms with Crippen molar-refractivity contribution < 1.29 is 4.74 Å². The summed E-state index contributed by atoms with van der Waals surface area (Å²) in [6.07, 6.45) is 2.47. The third kappa shape index (κ3) is 2.97. The molecule has 1 aromatic carbocycles. The molecule has 0 amide bonds. The lowest BCUT2D eigenvalue weighted by atomic mass is 10.3. The highest BCUT2D eigenvalue weighted by atomic mass is 16.5. The van der Waals surface area contributed by atoms with E-state index in [1.807, 2.05) is 19.1 Å². The quantitative estimate of drug-likeness (QED) is 0.754. The maximum Gasteiger partial charge on any atom is 0.156 e. The molecule has 0 aliphatic heterocycles. The minimum absolute atomic E-state index is 0.414. The molecule has 0 spiro atoms. The number of imidazole rings is 1. The molecule has 2 heterocycles. The van der Waals surface area contributed by atoms with E-state index >= 15 is 0 Å². The van der Waals surface area contributed by atoms with Crippen LogP contribution in [-0.2, 0) is 17.9 Å². The average molecular weight is 323 g/mol. The van der Waals surface area contributed by atoms with Crippen LogP contribution >= 0.6 is 0 Å². The monoisotopic (exact) mass is 323 g/mol. The largest absolute Gasteiger partial charge is 0.377 e. The zero-order chi connectivity index (χ0) is 16.5. The summed E-state index contributed by atoms with van der Waals surface area (Å²) >= 11 is 0. The molecule has 4 rings (SSSR count). The van der Waals surface area contributed by atoms with E-state index in [9.17, 15) is 0 Å². The summed E-state index contributed by atoms with van der Waals surface area (Å²) in [4.78, 5) is 13.7. The van der Waals surface area contributed by atoms with E-state index in [0.717, 1.165) is 22.9 Å². The van der Waals surface area contributed by atoms with Crippen LogP contribution in [0.1, 0.15) is 36.2 Å². The normalized spacial score (nSPS) is 14.2. The van der Waals surface area contributed by atoms with Gasteiger partial charge in [-0.15, -0.1) is 0 Å². The topological polar surface area (TPSA) is 64.9 Å². The molecular weight excluding hydrogens is 302 g/mol. The van der Waals surface area contributed by atoms with E-state index in [0.29, 0.717) is 25.0 Å². The third-order valence-electron chi connectivity index (χ3n) is 4.18. The van der Waals surface area contributed by atoms with E-state index in [4.69, 9.17) is 9.72 Å². The summed E-state index contributed by atoms with van der Waals surface area (Å²) in [5, 5.41) is 3.39. The number of rotatable bonds is 6. The fourth-order valence-corrected chi connectivity index (χ4v) is 3.04. The van der Waals surface area contributed by atoms with Crippen LogP contribution in [0, 0.1) is 6.92 Å². The summed E-state index contributed by atoms with van der Waals surface area (Å²) in [7, 11) is 1.65. The number of aryl methyl sites for hydroxylation is 1. The minimum atomic E-state index is 0.414. The van der Waals surface area contributed by atoms with Crippen molar-refractivity contribution in [1.29, 1.82) is 0 Å². The summed E-state index contributed by atoms with van der Waals surface area (Å²) in [5.41, 5.74) is 3.20. The summed E-state index contributed by atoms with van der Waals surface area (Å²) in [5.74, 6) is 2.56. The molecule has 6 nitrogen and oxygen atoms in total. The predicted molar refractivity (Wildman–Crippen MR) is 92.8 cm³/mol. The number of hydrogen-bond donors (Lipinski definition) is 1. The van der Waals surface area contributed by atoms with Gasteiger partial charge in [0.1, 0.15) is 18.2 Å². The zero-order valence-corrected chi connectivity index (χ0v) is 14.0. The Bertz CT molecular complexity index is 869. The molecule has 124 valence electrons. The standard InChI is InChI=1S/C18H21N5O/c1-12-9-16(22-17(20-12)11-24-2)19-10-18-21-14-5-3-4-6-15(14)23(18)13-7-8-13/h3-6,9,13H,7-8,10-11H2,1-2H3,(H,19,20,22). The number of nitrogens with zero attached hydrogens (tertiary/aromatic N) is 4. The summed E-state index contributed by atoms with van der Waals surface area (Å²) < 4.78 is 7.50. The second-order valence-corrected chi connectivity index (χ2v) is 6.22. The fraction of sp³-hybridized carbons (Fsp3) is 0.389. The van der Waals surface area contributed by atoms with Gasteiger partial charge in [-0.25, -0.2) is 15.0 Å². The first-order valence-electron chi connectivity index (χ1n) is 8.28.